The molecule has 0 aliphatic heterocycles. The molecular formula is C12H10FNO2. The molecule has 1 fully saturated rings. The van der Waals surface area contributed by atoms with Crippen LogP contribution in [-0.2, 0) is 4.79 Å². The number of hydrogen-bond donors (Lipinski definition) is 2. The van der Waals surface area contributed by atoms with Crippen molar-refractivity contribution in [2.24, 2.45) is 5.92 Å². The highest BCUT2D eigenvalue weighted by Gasteiger charge is 2.45. The molecule has 1 saturated carbocycles. The van der Waals surface area contributed by atoms with Crippen LogP contribution in [0.3, 0.4) is 0 Å². The number of aromatic nitrogens is 1. The summed E-state index contributed by atoms with van der Waals surface area (Å²) in [5, 5.41) is 9.66. The lowest BCUT2D eigenvalue weighted by Gasteiger charge is -1.96. The quantitative estimate of drug-likeness (QED) is 0.815. The second-order valence-electron chi connectivity index (χ2n) is 4.22. The van der Waals surface area contributed by atoms with Crippen molar-refractivity contribution in [3.8, 4) is 0 Å². The molecule has 0 radical (unpaired) electrons. The highest BCUT2D eigenvalue weighted by Crippen LogP contribution is 2.49. The van der Waals surface area contributed by atoms with Crippen LogP contribution < -0.4 is 0 Å². The summed E-state index contributed by atoms with van der Waals surface area (Å²) in [5.41, 5.74) is 1.77. The van der Waals surface area contributed by atoms with Crippen LogP contribution in [0.1, 0.15) is 17.9 Å². The fourth-order valence-electron chi connectivity index (χ4n) is 2.23. The molecule has 3 nitrogen and oxygen atoms in total. The van der Waals surface area contributed by atoms with Crippen molar-refractivity contribution in [1.82, 2.24) is 4.98 Å². The van der Waals surface area contributed by atoms with Gasteiger partial charge in [-0.15, -0.1) is 0 Å². The van der Waals surface area contributed by atoms with Crippen LogP contribution in [0.25, 0.3) is 10.9 Å². The fraction of sp³-hybridized carbons (Fsp3) is 0.250. The molecule has 2 atom stereocenters. The minimum atomic E-state index is -0.768. The van der Waals surface area contributed by atoms with Crippen LogP contribution in [-0.4, -0.2) is 16.1 Å². The molecule has 2 N–H and O–H groups in total. The first-order valence-corrected chi connectivity index (χ1v) is 5.16. The van der Waals surface area contributed by atoms with Gasteiger partial charge in [-0.1, -0.05) is 0 Å². The Morgan fingerprint density at radius 3 is 3.00 bits per heavy atom. The minimum Gasteiger partial charge on any atom is -0.481 e. The number of aliphatic carboxylic acids is 1. The Kier molecular flexibility index (Phi) is 1.80. The second-order valence-corrected chi connectivity index (χ2v) is 4.22. The molecule has 1 unspecified atom stereocenters. The third-order valence-corrected chi connectivity index (χ3v) is 3.18. The third kappa shape index (κ3) is 1.30. The lowest BCUT2D eigenvalue weighted by molar-refractivity contribution is -0.138. The Labute approximate surface area is 90.9 Å². The van der Waals surface area contributed by atoms with E-state index in [1.807, 2.05) is 0 Å². The second kappa shape index (κ2) is 3.07. The smallest absolute Gasteiger partial charge is 0.307 e. The van der Waals surface area contributed by atoms with E-state index in [-0.39, 0.29) is 17.7 Å². The number of carboxylic acids is 1. The lowest BCUT2D eigenvalue weighted by atomic mass is 10.1. The summed E-state index contributed by atoms with van der Waals surface area (Å²) in [4.78, 5) is 13.8. The monoisotopic (exact) mass is 219 g/mol. The van der Waals surface area contributed by atoms with Crippen LogP contribution in [0, 0.1) is 11.7 Å². The number of halogens is 1. The molecule has 2 aromatic rings. The van der Waals surface area contributed by atoms with Gasteiger partial charge in [0.05, 0.1) is 5.92 Å². The van der Waals surface area contributed by atoms with E-state index in [9.17, 15) is 9.18 Å². The Morgan fingerprint density at radius 1 is 1.50 bits per heavy atom. The van der Waals surface area contributed by atoms with Crippen LogP contribution >= 0.6 is 0 Å². The molecule has 0 spiro atoms. The van der Waals surface area contributed by atoms with Gasteiger partial charge in [0.1, 0.15) is 5.82 Å². The van der Waals surface area contributed by atoms with Crippen LogP contribution in [0.4, 0.5) is 4.39 Å². The molecule has 16 heavy (non-hydrogen) atoms. The number of benzene rings is 1. The molecular weight excluding hydrogens is 209 g/mol. The van der Waals surface area contributed by atoms with Crippen LogP contribution in [0.5, 0.6) is 0 Å². The molecule has 3 rings (SSSR count). The Balaban J connectivity index is 2.05. The highest BCUT2D eigenvalue weighted by molar-refractivity contribution is 5.86. The SMILES string of the molecule is O=C(O)C1C[C@H]1c1c[nH]c2ccc(F)cc12. The largest absolute Gasteiger partial charge is 0.481 e. The van der Waals surface area contributed by atoms with Gasteiger partial charge in [-0.3, -0.25) is 4.79 Å². The summed E-state index contributed by atoms with van der Waals surface area (Å²) >= 11 is 0. The molecule has 1 aromatic heterocycles. The number of rotatable bonds is 2. The Bertz CT molecular complexity index is 575. The first-order valence-electron chi connectivity index (χ1n) is 5.16. The van der Waals surface area contributed by atoms with E-state index in [4.69, 9.17) is 5.11 Å². The summed E-state index contributed by atoms with van der Waals surface area (Å²) in [6.45, 7) is 0. The molecule has 1 heterocycles. The van der Waals surface area contributed by atoms with Gasteiger partial charge >= 0.3 is 5.97 Å². The zero-order chi connectivity index (χ0) is 11.3. The zero-order valence-corrected chi connectivity index (χ0v) is 8.40. The predicted molar refractivity (Wildman–Crippen MR) is 56.7 cm³/mol. The average Bonchev–Trinajstić information content (AvgIpc) is 2.93. The number of carboxylic acid groups (broad SMARTS) is 1. The number of aromatic amines is 1. The lowest BCUT2D eigenvalue weighted by Crippen LogP contribution is -1.98. The van der Waals surface area contributed by atoms with Gasteiger partial charge in [-0.25, -0.2) is 4.39 Å². The van der Waals surface area contributed by atoms with Crippen molar-refractivity contribution in [3.63, 3.8) is 0 Å². The van der Waals surface area contributed by atoms with Crippen molar-refractivity contribution in [3.05, 3.63) is 35.8 Å². The van der Waals surface area contributed by atoms with E-state index in [0.29, 0.717) is 6.42 Å². The van der Waals surface area contributed by atoms with E-state index in [0.717, 1.165) is 16.5 Å². The number of H-pyrrole nitrogens is 1. The molecule has 4 heteroatoms. The van der Waals surface area contributed by atoms with E-state index in [1.165, 1.54) is 12.1 Å². The van der Waals surface area contributed by atoms with Gasteiger partial charge in [0.15, 0.2) is 0 Å². The normalized spacial score (nSPS) is 23.6. The predicted octanol–water partition coefficient (Wildman–Crippen LogP) is 2.50. The van der Waals surface area contributed by atoms with Crippen molar-refractivity contribution in [2.45, 2.75) is 12.3 Å². The van der Waals surface area contributed by atoms with Gasteiger partial charge in [-0.2, -0.15) is 0 Å². The van der Waals surface area contributed by atoms with Crippen LogP contribution in [0.2, 0.25) is 0 Å². The maximum Gasteiger partial charge on any atom is 0.307 e. The molecule has 0 amide bonds. The first kappa shape index (κ1) is 9.39. The molecule has 1 aromatic carbocycles. The summed E-state index contributed by atoms with van der Waals surface area (Å²) in [5.74, 6) is -1.33. The standard InChI is InChI=1S/C12H10FNO2/c13-6-1-2-11-8(3-6)10(5-14-11)7-4-9(7)12(15)16/h1-3,5,7,9,14H,4H2,(H,15,16)/t7-,9?/m1/s1. The van der Waals surface area contributed by atoms with Crippen molar-refractivity contribution >= 4 is 16.9 Å². The highest BCUT2D eigenvalue weighted by atomic mass is 19.1. The van der Waals surface area contributed by atoms with Crippen molar-refractivity contribution in [1.29, 1.82) is 0 Å². The van der Waals surface area contributed by atoms with E-state index in [2.05, 4.69) is 4.98 Å². The average molecular weight is 219 g/mol. The summed E-state index contributed by atoms with van der Waals surface area (Å²) in [7, 11) is 0. The first-order chi connectivity index (χ1) is 7.66. The minimum absolute atomic E-state index is 0.0352. The number of hydrogen-bond acceptors (Lipinski definition) is 1. The maximum atomic E-state index is 13.1. The molecule has 0 bridgehead atoms. The van der Waals surface area contributed by atoms with Gasteiger partial charge in [0, 0.05) is 23.0 Å². The number of nitrogens with one attached hydrogen (secondary N) is 1. The van der Waals surface area contributed by atoms with E-state index >= 15 is 0 Å². The molecule has 1 aliphatic carbocycles. The number of fused-ring (bicyclic) bond motifs is 1. The van der Waals surface area contributed by atoms with Crippen molar-refractivity contribution < 1.29 is 14.3 Å². The van der Waals surface area contributed by atoms with Crippen molar-refractivity contribution in [2.75, 3.05) is 0 Å². The maximum absolute atomic E-state index is 13.1. The molecule has 82 valence electrons. The Hall–Kier alpha value is -1.84. The summed E-state index contributed by atoms with van der Waals surface area (Å²) in [6, 6.07) is 4.52. The van der Waals surface area contributed by atoms with E-state index < -0.39 is 5.97 Å². The van der Waals surface area contributed by atoms with Gasteiger partial charge in [-0.05, 0) is 30.2 Å². The van der Waals surface area contributed by atoms with Crippen LogP contribution in [0.15, 0.2) is 24.4 Å². The Morgan fingerprint density at radius 2 is 2.31 bits per heavy atom. The zero-order valence-electron chi connectivity index (χ0n) is 8.40. The number of carbonyl (C=O) groups is 1. The van der Waals surface area contributed by atoms with Gasteiger partial charge in [0.25, 0.3) is 0 Å². The topological polar surface area (TPSA) is 53.1 Å². The molecule has 0 saturated heterocycles. The summed E-state index contributed by atoms with van der Waals surface area (Å²) < 4.78 is 13.1. The van der Waals surface area contributed by atoms with Gasteiger partial charge < -0.3 is 10.1 Å². The third-order valence-electron chi connectivity index (χ3n) is 3.18. The fourth-order valence-corrected chi connectivity index (χ4v) is 2.23. The van der Waals surface area contributed by atoms with Gasteiger partial charge in [0.2, 0.25) is 0 Å². The van der Waals surface area contributed by atoms with E-state index in [1.54, 1.807) is 12.3 Å². The summed E-state index contributed by atoms with van der Waals surface area (Å²) in [6.07, 6.45) is 2.44. The molecule has 1 aliphatic rings.